The number of piperazine rings is 1. The Morgan fingerprint density at radius 2 is 1.65 bits per heavy atom. The Bertz CT molecular complexity index is 907. The molecular weight excluding hydrogens is 360 g/mol. The fourth-order valence-corrected chi connectivity index (χ4v) is 4.04. The van der Waals surface area contributed by atoms with Gasteiger partial charge in [0, 0.05) is 38.6 Å². The van der Waals surface area contributed by atoms with Crippen LogP contribution in [0.4, 0.5) is 0 Å². The van der Waals surface area contributed by atoms with Crippen LogP contribution in [0.15, 0.2) is 47.8 Å². The first-order chi connectivity index (χ1) is 12.4. The number of amides is 1. The van der Waals surface area contributed by atoms with Crippen LogP contribution in [0.25, 0.3) is 0 Å². The van der Waals surface area contributed by atoms with Crippen LogP contribution in [0.1, 0.15) is 20.8 Å². The molecule has 2 aromatic rings. The first-order valence-electron chi connectivity index (χ1n) is 7.78. The summed E-state index contributed by atoms with van der Waals surface area (Å²) >= 11 is 0. The van der Waals surface area contributed by atoms with E-state index in [1.54, 1.807) is 0 Å². The molecule has 136 valence electrons. The number of carbonyl (C=O) groups excluding carboxylic acids is 1. The Balaban J connectivity index is 1.68. The third-order valence-corrected chi connectivity index (χ3v) is 5.96. The first kappa shape index (κ1) is 18.0. The number of rotatable bonds is 4. The zero-order valence-electron chi connectivity index (χ0n) is 13.6. The maximum Gasteiger partial charge on any atom is 0.335 e. The molecule has 26 heavy (non-hydrogen) atoms. The van der Waals surface area contributed by atoms with Crippen LogP contribution < -0.4 is 0 Å². The van der Waals surface area contributed by atoms with E-state index in [2.05, 4.69) is 9.97 Å². The van der Waals surface area contributed by atoms with Gasteiger partial charge in [-0.25, -0.2) is 18.2 Å². The Morgan fingerprint density at radius 3 is 2.19 bits per heavy atom. The summed E-state index contributed by atoms with van der Waals surface area (Å²) in [5.41, 5.74) is 0.233. The van der Waals surface area contributed by atoms with Gasteiger partial charge >= 0.3 is 5.97 Å². The minimum Gasteiger partial charge on any atom is -0.478 e. The molecule has 0 radical (unpaired) electrons. The van der Waals surface area contributed by atoms with E-state index in [0.717, 1.165) is 0 Å². The number of hydrogen-bond acceptors (Lipinski definition) is 6. The fourth-order valence-electron chi connectivity index (χ4n) is 2.62. The van der Waals surface area contributed by atoms with Gasteiger partial charge in [0.1, 0.15) is 5.69 Å². The van der Waals surface area contributed by atoms with Crippen LogP contribution in [-0.4, -0.2) is 70.8 Å². The molecule has 9 nitrogen and oxygen atoms in total. The molecule has 1 aromatic carbocycles. The third-order valence-electron chi connectivity index (χ3n) is 4.05. The maximum absolute atomic E-state index is 12.7. The topological polar surface area (TPSA) is 121 Å². The van der Waals surface area contributed by atoms with Crippen LogP contribution >= 0.6 is 0 Å². The maximum atomic E-state index is 12.7. The molecule has 0 unspecified atom stereocenters. The number of carbonyl (C=O) groups is 2. The predicted molar refractivity (Wildman–Crippen MR) is 90.1 cm³/mol. The highest BCUT2D eigenvalue weighted by molar-refractivity contribution is 7.89. The first-order valence-corrected chi connectivity index (χ1v) is 9.22. The summed E-state index contributed by atoms with van der Waals surface area (Å²) in [5, 5.41) is 8.90. The van der Waals surface area contributed by atoms with Crippen molar-refractivity contribution in [1.29, 1.82) is 0 Å². The number of benzene rings is 1. The van der Waals surface area contributed by atoms with Crippen LogP contribution in [0.2, 0.25) is 0 Å². The zero-order valence-corrected chi connectivity index (χ0v) is 14.5. The van der Waals surface area contributed by atoms with Crippen molar-refractivity contribution in [2.24, 2.45) is 0 Å². The summed E-state index contributed by atoms with van der Waals surface area (Å²) < 4.78 is 26.6. The van der Waals surface area contributed by atoms with Crippen molar-refractivity contribution >= 4 is 21.9 Å². The number of aromatic nitrogens is 2. The van der Waals surface area contributed by atoms with E-state index >= 15 is 0 Å². The van der Waals surface area contributed by atoms with Crippen molar-refractivity contribution in [3.05, 3.63) is 54.1 Å². The Kier molecular flexibility index (Phi) is 4.96. The van der Waals surface area contributed by atoms with E-state index in [1.165, 1.54) is 52.1 Å². The van der Waals surface area contributed by atoms with Crippen molar-refractivity contribution < 1.29 is 23.1 Å². The second kappa shape index (κ2) is 7.18. The van der Waals surface area contributed by atoms with Crippen LogP contribution in [0.3, 0.4) is 0 Å². The van der Waals surface area contributed by atoms with E-state index < -0.39 is 16.0 Å². The quantitative estimate of drug-likeness (QED) is 0.816. The molecule has 1 amide bonds. The average molecular weight is 376 g/mol. The predicted octanol–water partition coefficient (Wildman–Crippen LogP) is 0.321. The molecule has 0 saturated carbocycles. The van der Waals surface area contributed by atoms with Crippen molar-refractivity contribution in [1.82, 2.24) is 19.2 Å². The van der Waals surface area contributed by atoms with Crippen molar-refractivity contribution in [2.75, 3.05) is 26.2 Å². The summed E-state index contributed by atoms with van der Waals surface area (Å²) in [6.07, 6.45) is 4.26. The minimum absolute atomic E-state index is 0.0170. The molecule has 1 N–H and O–H groups in total. The van der Waals surface area contributed by atoms with Crippen LogP contribution in [0, 0.1) is 0 Å². The number of aromatic carboxylic acids is 1. The van der Waals surface area contributed by atoms with Crippen LogP contribution in [0.5, 0.6) is 0 Å². The fraction of sp³-hybridized carbons (Fsp3) is 0.250. The lowest BCUT2D eigenvalue weighted by atomic mass is 10.2. The molecule has 2 heterocycles. The molecule has 1 aliphatic heterocycles. The molecule has 0 aliphatic carbocycles. The van der Waals surface area contributed by atoms with Crippen LogP contribution in [-0.2, 0) is 10.0 Å². The van der Waals surface area contributed by atoms with Gasteiger partial charge in [0.15, 0.2) is 0 Å². The number of carboxylic acid groups (broad SMARTS) is 1. The van der Waals surface area contributed by atoms with Gasteiger partial charge in [-0.2, -0.15) is 4.31 Å². The summed E-state index contributed by atoms with van der Waals surface area (Å²) in [6, 6.07) is 5.05. The van der Waals surface area contributed by atoms with Gasteiger partial charge in [-0.15, -0.1) is 0 Å². The average Bonchev–Trinajstić information content (AvgIpc) is 2.68. The molecule has 1 aliphatic rings. The minimum atomic E-state index is -3.74. The normalized spacial score (nSPS) is 15.6. The Labute approximate surface area is 150 Å². The van der Waals surface area contributed by atoms with E-state index in [0.29, 0.717) is 0 Å². The molecule has 0 bridgehead atoms. The zero-order chi connectivity index (χ0) is 18.7. The van der Waals surface area contributed by atoms with Gasteiger partial charge in [-0.05, 0) is 24.3 Å². The summed E-state index contributed by atoms with van der Waals surface area (Å²) in [5.74, 6) is -1.41. The molecule has 3 rings (SSSR count). The second-order valence-corrected chi connectivity index (χ2v) is 7.55. The Morgan fingerprint density at radius 1 is 1.00 bits per heavy atom. The largest absolute Gasteiger partial charge is 0.478 e. The SMILES string of the molecule is O=C(O)c1ccc(S(=O)(=O)N2CCN(C(=O)c3cnccn3)CC2)cc1. The highest BCUT2D eigenvalue weighted by Crippen LogP contribution is 2.19. The monoisotopic (exact) mass is 376 g/mol. The number of sulfonamides is 1. The smallest absolute Gasteiger partial charge is 0.335 e. The number of nitrogens with zero attached hydrogens (tertiary/aromatic N) is 4. The molecule has 1 saturated heterocycles. The van der Waals surface area contributed by atoms with Gasteiger partial charge in [0.2, 0.25) is 10.0 Å². The number of carboxylic acids is 1. The third kappa shape index (κ3) is 3.55. The lowest BCUT2D eigenvalue weighted by Crippen LogP contribution is -2.50. The molecule has 0 atom stereocenters. The van der Waals surface area contributed by atoms with E-state index in [1.807, 2.05) is 0 Å². The van der Waals surface area contributed by atoms with Gasteiger partial charge in [-0.3, -0.25) is 9.78 Å². The van der Waals surface area contributed by atoms with Crippen molar-refractivity contribution in [2.45, 2.75) is 4.90 Å². The molecule has 1 aromatic heterocycles. The molecular formula is C16H16N4O5S. The van der Waals surface area contributed by atoms with Gasteiger partial charge in [-0.1, -0.05) is 0 Å². The van der Waals surface area contributed by atoms with Gasteiger partial charge < -0.3 is 10.0 Å². The molecule has 1 fully saturated rings. The summed E-state index contributed by atoms with van der Waals surface area (Å²) in [4.78, 5) is 32.6. The van der Waals surface area contributed by atoms with E-state index in [4.69, 9.17) is 5.11 Å². The lowest BCUT2D eigenvalue weighted by molar-refractivity contribution is 0.0686. The van der Waals surface area contributed by atoms with Gasteiger partial charge in [0.25, 0.3) is 5.91 Å². The summed E-state index contributed by atoms with van der Waals surface area (Å²) in [7, 11) is -3.74. The second-order valence-electron chi connectivity index (χ2n) is 5.62. The van der Waals surface area contributed by atoms with Crippen molar-refractivity contribution in [3.8, 4) is 0 Å². The molecule has 0 spiro atoms. The van der Waals surface area contributed by atoms with Crippen molar-refractivity contribution in [3.63, 3.8) is 0 Å². The van der Waals surface area contributed by atoms with E-state index in [9.17, 15) is 18.0 Å². The Hall–Kier alpha value is -2.85. The standard InChI is InChI=1S/C16H16N4O5S/c21-15(14-11-17-5-6-18-14)19-7-9-20(10-8-19)26(24,25)13-3-1-12(2-4-13)16(22)23/h1-6,11H,7-10H2,(H,22,23). The van der Waals surface area contributed by atoms with E-state index in [-0.39, 0.29) is 48.2 Å². The van der Waals surface area contributed by atoms with Gasteiger partial charge in [0.05, 0.1) is 16.7 Å². The number of hydrogen-bond donors (Lipinski definition) is 1. The highest BCUT2D eigenvalue weighted by Gasteiger charge is 2.30. The molecule has 10 heteroatoms. The summed E-state index contributed by atoms with van der Waals surface area (Å²) in [6.45, 7) is 0.772. The highest BCUT2D eigenvalue weighted by atomic mass is 32.2. The lowest BCUT2D eigenvalue weighted by Gasteiger charge is -2.33.